The molecule has 2 atom stereocenters. The lowest BCUT2D eigenvalue weighted by molar-refractivity contribution is -0.120. The number of unbranched alkanes of at least 4 members (excludes halogenated alkanes) is 3. The van der Waals surface area contributed by atoms with E-state index in [-0.39, 0.29) is 19.1 Å². The van der Waals surface area contributed by atoms with Gasteiger partial charge in [0, 0.05) is 30.0 Å². The van der Waals surface area contributed by atoms with Crippen molar-refractivity contribution in [3.63, 3.8) is 0 Å². The number of ketones is 2. The second-order valence-corrected chi connectivity index (χ2v) is 7.87. The zero-order valence-corrected chi connectivity index (χ0v) is 16.9. The Balaban J connectivity index is -0.000000264. The van der Waals surface area contributed by atoms with Crippen LogP contribution < -0.4 is 0 Å². The van der Waals surface area contributed by atoms with Gasteiger partial charge in [-0.25, -0.2) is 0 Å². The molecule has 26 heavy (non-hydrogen) atoms. The molecule has 2 heteroatoms. The van der Waals surface area contributed by atoms with Crippen LogP contribution in [0.15, 0.2) is 0 Å². The second kappa shape index (κ2) is 20.6. The number of carbonyl (C=O) groups excluding carboxylic acids is 2. The van der Waals surface area contributed by atoms with Gasteiger partial charge in [0.05, 0.1) is 0 Å². The summed E-state index contributed by atoms with van der Waals surface area (Å²) in [6.07, 6.45) is 14.2. The van der Waals surface area contributed by atoms with Crippen LogP contribution in [-0.2, 0) is 9.59 Å². The summed E-state index contributed by atoms with van der Waals surface area (Å²) in [4.78, 5) is 23.4. The van der Waals surface area contributed by atoms with Crippen molar-refractivity contribution >= 4 is 11.6 Å². The zero-order valence-electron chi connectivity index (χ0n) is 16.9. The largest absolute Gasteiger partial charge is 0.300 e. The van der Waals surface area contributed by atoms with Gasteiger partial charge in [0.1, 0.15) is 11.6 Å². The van der Waals surface area contributed by atoms with Crippen LogP contribution in [0.5, 0.6) is 0 Å². The number of Topliss-reactive ketones (excluding diaryl/α,β-unsaturated/α-hetero) is 2. The summed E-state index contributed by atoms with van der Waals surface area (Å²) in [5.41, 5.74) is 0. The Morgan fingerprint density at radius 3 is 1.69 bits per heavy atom. The Kier molecular flexibility index (Phi) is 23.9. The van der Waals surface area contributed by atoms with Gasteiger partial charge in [-0.05, 0) is 37.5 Å². The summed E-state index contributed by atoms with van der Waals surface area (Å²) in [6, 6.07) is 0. The predicted octanol–water partition coefficient (Wildman–Crippen LogP) is 8.91. The summed E-state index contributed by atoms with van der Waals surface area (Å²) < 4.78 is 0. The van der Waals surface area contributed by atoms with Gasteiger partial charge >= 0.3 is 0 Å². The molecule has 0 saturated carbocycles. The Morgan fingerprint density at radius 2 is 1.15 bits per heavy atom. The Hall–Kier alpha value is -0.660. The van der Waals surface area contributed by atoms with E-state index in [1.165, 1.54) is 38.5 Å². The number of hydrogen-bond donors (Lipinski definition) is 0. The third-order valence-corrected chi connectivity index (χ3v) is 4.96. The van der Waals surface area contributed by atoms with E-state index >= 15 is 0 Å². The van der Waals surface area contributed by atoms with Crippen LogP contribution in [-0.4, -0.2) is 11.6 Å². The molecule has 2 unspecified atom stereocenters. The van der Waals surface area contributed by atoms with E-state index in [2.05, 4.69) is 27.7 Å². The highest BCUT2D eigenvalue weighted by Gasteiger charge is 2.09. The van der Waals surface area contributed by atoms with Crippen molar-refractivity contribution in [2.45, 2.75) is 132 Å². The molecule has 0 spiro atoms. The van der Waals surface area contributed by atoms with Crippen LogP contribution in [0.4, 0.5) is 0 Å². The van der Waals surface area contributed by atoms with E-state index in [4.69, 9.17) is 0 Å². The maximum atomic E-state index is 11.8. The molecule has 0 aliphatic rings. The molecule has 0 aromatic rings. The minimum Gasteiger partial charge on any atom is -0.300 e. The fourth-order valence-corrected chi connectivity index (χ4v) is 3.51. The van der Waals surface area contributed by atoms with Crippen LogP contribution in [0.25, 0.3) is 0 Å². The van der Waals surface area contributed by atoms with Crippen LogP contribution in [0.1, 0.15) is 137 Å². The van der Waals surface area contributed by atoms with E-state index in [0.717, 1.165) is 37.5 Å². The van der Waals surface area contributed by atoms with Crippen molar-refractivity contribution in [1.29, 1.82) is 0 Å². The minimum atomic E-state index is 0. The van der Waals surface area contributed by atoms with Crippen LogP contribution in [0.2, 0.25) is 0 Å². The number of rotatable bonds is 17. The Bertz CT molecular complexity index is 336. The van der Waals surface area contributed by atoms with Crippen LogP contribution in [0.3, 0.4) is 0 Å². The molecular formula is C24H56O2. The van der Waals surface area contributed by atoms with Crippen LogP contribution >= 0.6 is 0 Å². The summed E-state index contributed by atoms with van der Waals surface area (Å²) >= 11 is 0. The van der Waals surface area contributed by atoms with Gasteiger partial charge in [-0.1, -0.05) is 81.1 Å². The molecule has 0 bridgehead atoms. The number of hydrogen-bond acceptors (Lipinski definition) is 2. The van der Waals surface area contributed by atoms with Gasteiger partial charge < -0.3 is 0 Å². The summed E-state index contributed by atoms with van der Waals surface area (Å²) in [5.74, 6) is 2.35. The third kappa shape index (κ3) is 19.7. The molecule has 0 aliphatic carbocycles. The first kappa shape index (κ1) is 30.1. The van der Waals surface area contributed by atoms with E-state index in [9.17, 15) is 9.59 Å². The lowest BCUT2D eigenvalue weighted by Gasteiger charge is -2.16. The zero-order chi connectivity index (χ0) is 18.2. The molecule has 0 radical (unpaired) electrons. The number of carbonyl (C=O) groups is 2. The van der Waals surface area contributed by atoms with Crippen molar-refractivity contribution in [2.24, 2.45) is 11.8 Å². The minimum absolute atomic E-state index is 0. The van der Waals surface area contributed by atoms with Crippen molar-refractivity contribution in [2.75, 3.05) is 0 Å². The summed E-state index contributed by atoms with van der Waals surface area (Å²) in [7, 11) is 0. The maximum absolute atomic E-state index is 11.8. The molecule has 0 N–H and O–H groups in total. The first-order chi connectivity index (χ1) is 11.5. The highest BCUT2D eigenvalue weighted by Crippen LogP contribution is 2.21. The standard InChI is InChI=1S/C22H42O2.2CH4.3H2/c1-5-7-14-21(23)16-11-17-22(24)15-10-8-9-13-20(4)18-19(3)12-6-2;;;;;/h19-20H,5-18H2,1-4H3;2*1H4;3*1H. The maximum Gasteiger partial charge on any atom is 0.132 e. The summed E-state index contributed by atoms with van der Waals surface area (Å²) in [6.45, 7) is 9.10. The smallest absolute Gasteiger partial charge is 0.132 e. The lowest BCUT2D eigenvalue weighted by Crippen LogP contribution is -2.04. The van der Waals surface area contributed by atoms with Gasteiger partial charge in [0.25, 0.3) is 0 Å². The van der Waals surface area contributed by atoms with E-state index in [1.54, 1.807) is 0 Å². The predicted molar refractivity (Wildman–Crippen MR) is 124 cm³/mol. The van der Waals surface area contributed by atoms with Gasteiger partial charge in [0.15, 0.2) is 0 Å². The fourth-order valence-electron chi connectivity index (χ4n) is 3.51. The van der Waals surface area contributed by atoms with E-state index < -0.39 is 0 Å². The Morgan fingerprint density at radius 1 is 0.654 bits per heavy atom. The molecule has 0 aromatic heterocycles. The average molecular weight is 377 g/mol. The molecule has 0 fully saturated rings. The molecule has 0 aromatic carbocycles. The Labute approximate surface area is 170 Å². The molecular weight excluding hydrogens is 320 g/mol. The average Bonchev–Trinajstić information content (AvgIpc) is 2.52. The highest BCUT2D eigenvalue weighted by atomic mass is 16.1. The molecule has 0 aliphatic heterocycles. The second-order valence-electron chi connectivity index (χ2n) is 7.87. The SMILES string of the molecule is C.C.CCCCC(=O)CCCC(=O)CCCCCC(C)CC(C)CCC.[HH].[HH].[HH]. The fraction of sp³-hybridized carbons (Fsp3) is 0.917. The molecule has 0 amide bonds. The monoisotopic (exact) mass is 376 g/mol. The van der Waals surface area contributed by atoms with E-state index in [1.807, 2.05) is 0 Å². The molecule has 0 rings (SSSR count). The normalized spacial score (nSPS) is 12.6. The first-order valence-corrected chi connectivity index (χ1v) is 10.5. The third-order valence-electron chi connectivity index (χ3n) is 4.96. The highest BCUT2D eigenvalue weighted by molar-refractivity contribution is 5.81. The lowest BCUT2D eigenvalue weighted by atomic mass is 9.90. The molecule has 0 heterocycles. The summed E-state index contributed by atoms with van der Waals surface area (Å²) in [5, 5.41) is 0. The quantitative estimate of drug-likeness (QED) is 0.237. The molecule has 164 valence electrons. The first-order valence-electron chi connectivity index (χ1n) is 10.5. The van der Waals surface area contributed by atoms with Crippen molar-refractivity contribution in [3.05, 3.63) is 0 Å². The van der Waals surface area contributed by atoms with Gasteiger partial charge in [-0.15, -0.1) is 0 Å². The van der Waals surface area contributed by atoms with Gasteiger partial charge in [-0.3, -0.25) is 9.59 Å². The van der Waals surface area contributed by atoms with Crippen molar-refractivity contribution < 1.29 is 13.9 Å². The topological polar surface area (TPSA) is 34.1 Å². The van der Waals surface area contributed by atoms with Crippen LogP contribution in [0, 0.1) is 11.8 Å². The van der Waals surface area contributed by atoms with Gasteiger partial charge in [-0.2, -0.15) is 0 Å². The van der Waals surface area contributed by atoms with Gasteiger partial charge in [0.2, 0.25) is 0 Å². The van der Waals surface area contributed by atoms with Crippen molar-refractivity contribution in [3.8, 4) is 0 Å². The van der Waals surface area contributed by atoms with Crippen molar-refractivity contribution in [1.82, 2.24) is 0 Å². The molecule has 2 nitrogen and oxygen atoms in total. The van der Waals surface area contributed by atoms with E-state index in [0.29, 0.717) is 37.2 Å². The molecule has 0 saturated heterocycles.